The highest BCUT2D eigenvalue weighted by Gasteiger charge is 2.48. The van der Waals surface area contributed by atoms with Gasteiger partial charge < -0.3 is 19.3 Å². The largest absolute Gasteiger partial charge is 0.507 e. The van der Waals surface area contributed by atoms with Crippen LogP contribution in [0.1, 0.15) is 48.6 Å². The van der Waals surface area contributed by atoms with Gasteiger partial charge in [-0.2, -0.15) is 0 Å². The lowest BCUT2D eigenvalue weighted by Crippen LogP contribution is -2.29. The highest BCUT2D eigenvalue weighted by Crippen LogP contribution is 2.46. The van der Waals surface area contributed by atoms with Gasteiger partial charge in [0.1, 0.15) is 23.9 Å². The number of ketones is 1. The van der Waals surface area contributed by atoms with Gasteiger partial charge in [0.05, 0.1) is 24.8 Å². The number of carbonyl (C=O) groups excluding carboxylic acids is 2. The fourth-order valence-electron chi connectivity index (χ4n) is 5.36. The number of amides is 1. The molecule has 50 heavy (non-hydrogen) atoms. The molecule has 12 heteroatoms. The van der Waals surface area contributed by atoms with Crippen molar-refractivity contribution in [3.63, 3.8) is 0 Å². The van der Waals surface area contributed by atoms with Crippen molar-refractivity contribution in [2.75, 3.05) is 18.1 Å². The van der Waals surface area contributed by atoms with E-state index in [-0.39, 0.29) is 22.3 Å². The molecule has 1 aliphatic rings. The van der Waals surface area contributed by atoms with Gasteiger partial charge in [-0.05, 0) is 72.5 Å². The number of aromatic nitrogens is 2. The van der Waals surface area contributed by atoms with Crippen LogP contribution in [0.5, 0.6) is 17.2 Å². The Balaban J connectivity index is 1.39. The third-order valence-electron chi connectivity index (χ3n) is 7.78. The molecule has 0 radical (unpaired) electrons. The average Bonchev–Trinajstić information content (AvgIpc) is 3.71. The number of ether oxygens (including phenoxy) is 3. The number of hydrogen-bond acceptors (Lipinski definition) is 10. The predicted octanol–water partition coefficient (Wildman–Crippen LogP) is 8.36. The summed E-state index contributed by atoms with van der Waals surface area (Å²) in [6.07, 6.45) is 0.833. The van der Waals surface area contributed by atoms with Gasteiger partial charge >= 0.3 is 5.91 Å². The maximum absolute atomic E-state index is 14.3. The van der Waals surface area contributed by atoms with Crippen molar-refractivity contribution in [3.8, 4) is 17.2 Å². The van der Waals surface area contributed by atoms with Gasteiger partial charge in [0.25, 0.3) is 5.78 Å². The molecule has 6 rings (SSSR count). The summed E-state index contributed by atoms with van der Waals surface area (Å²) in [5.74, 6) is -0.642. The van der Waals surface area contributed by atoms with Gasteiger partial charge in [-0.25, -0.2) is 4.39 Å². The lowest BCUT2D eigenvalue weighted by Gasteiger charge is -2.23. The van der Waals surface area contributed by atoms with Crippen molar-refractivity contribution >= 4 is 45.7 Å². The molecule has 2 heterocycles. The highest BCUT2D eigenvalue weighted by molar-refractivity contribution is 8.00. The average molecular weight is 712 g/mol. The van der Waals surface area contributed by atoms with Gasteiger partial charge in [0, 0.05) is 11.3 Å². The number of aliphatic hydroxyl groups excluding tert-OH is 1. The standard InChI is InChI=1S/C38H34FN3O6S2/c1-3-20-47-28-17-14-25(15-18-28)34(43)32-33(26-16-19-30(31(21-26)46-4-2)48-22-24-10-6-5-7-11-24)42(36(45)35(32)44)37-40-41-38(50-37)49-23-27-12-8-9-13-29(27)39/h5-19,21,33,43H,3-4,20,22-23H2,1-2H3. The quantitative estimate of drug-likeness (QED) is 0.0399. The van der Waals surface area contributed by atoms with Crippen LogP contribution in [0.4, 0.5) is 9.52 Å². The first-order valence-corrected chi connectivity index (χ1v) is 17.9. The molecule has 0 bridgehead atoms. The molecule has 1 unspecified atom stereocenters. The Hall–Kier alpha value is -5.20. The van der Waals surface area contributed by atoms with E-state index in [0.29, 0.717) is 63.9 Å². The second-order valence-electron chi connectivity index (χ2n) is 11.2. The Morgan fingerprint density at radius 2 is 1.66 bits per heavy atom. The number of hydrogen-bond donors (Lipinski definition) is 1. The molecular formula is C38H34FN3O6S2. The lowest BCUT2D eigenvalue weighted by molar-refractivity contribution is -0.132. The molecule has 256 valence electrons. The van der Waals surface area contributed by atoms with Crippen LogP contribution in [0.2, 0.25) is 0 Å². The second-order valence-corrected chi connectivity index (χ2v) is 13.4. The monoisotopic (exact) mass is 711 g/mol. The van der Waals surface area contributed by atoms with E-state index < -0.39 is 17.7 Å². The van der Waals surface area contributed by atoms with E-state index in [1.165, 1.54) is 22.7 Å². The number of halogens is 1. The van der Waals surface area contributed by atoms with Crippen LogP contribution >= 0.6 is 23.1 Å². The van der Waals surface area contributed by atoms with Gasteiger partial charge in [-0.1, -0.05) is 84.6 Å². The summed E-state index contributed by atoms with van der Waals surface area (Å²) < 4.78 is 32.5. The lowest BCUT2D eigenvalue weighted by atomic mass is 9.95. The summed E-state index contributed by atoms with van der Waals surface area (Å²) in [4.78, 5) is 28.9. The molecule has 1 atom stereocenters. The van der Waals surface area contributed by atoms with Crippen LogP contribution < -0.4 is 19.1 Å². The van der Waals surface area contributed by atoms with Crippen LogP contribution in [-0.4, -0.2) is 40.2 Å². The van der Waals surface area contributed by atoms with E-state index in [1.807, 2.05) is 44.2 Å². The first kappa shape index (κ1) is 34.7. The molecule has 1 amide bonds. The highest BCUT2D eigenvalue weighted by atomic mass is 32.2. The van der Waals surface area contributed by atoms with E-state index in [9.17, 15) is 19.1 Å². The summed E-state index contributed by atoms with van der Waals surface area (Å²) in [5.41, 5.74) is 2.17. The zero-order valence-corrected chi connectivity index (χ0v) is 29.0. The van der Waals surface area contributed by atoms with Gasteiger partial charge in [-0.15, -0.1) is 10.2 Å². The van der Waals surface area contributed by atoms with E-state index >= 15 is 0 Å². The minimum Gasteiger partial charge on any atom is -0.507 e. The number of benzene rings is 4. The molecule has 4 aromatic carbocycles. The second kappa shape index (κ2) is 16.0. The fraction of sp³-hybridized carbons (Fsp3) is 0.211. The Labute approximate surface area is 297 Å². The Morgan fingerprint density at radius 1 is 0.900 bits per heavy atom. The maximum Gasteiger partial charge on any atom is 0.301 e. The Bertz CT molecular complexity index is 2000. The van der Waals surface area contributed by atoms with E-state index in [1.54, 1.807) is 60.7 Å². The van der Waals surface area contributed by atoms with Crippen LogP contribution in [0.15, 0.2) is 107 Å². The molecule has 0 aliphatic carbocycles. The number of aliphatic hydroxyl groups is 1. The van der Waals surface area contributed by atoms with Gasteiger partial charge in [-0.3, -0.25) is 14.5 Å². The molecule has 0 saturated carbocycles. The van der Waals surface area contributed by atoms with Crippen molar-refractivity contribution in [2.45, 2.75) is 43.0 Å². The number of carbonyl (C=O) groups is 2. The first-order chi connectivity index (χ1) is 24.4. The smallest absolute Gasteiger partial charge is 0.301 e. The summed E-state index contributed by atoms with van der Waals surface area (Å²) in [5, 5.41) is 20.3. The van der Waals surface area contributed by atoms with E-state index in [4.69, 9.17) is 14.2 Å². The van der Waals surface area contributed by atoms with Crippen molar-refractivity contribution in [3.05, 3.63) is 131 Å². The van der Waals surface area contributed by atoms with Gasteiger partial charge in [0.2, 0.25) is 5.13 Å². The zero-order chi connectivity index (χ0) is 35.0. The molecule has 1 aliphatic heterocycles. The SMILES string of the molecule is CCCOc1ccc(C(O)=C2C(=O)C(=O)N(c3nnc(SCc4ccccc4F)s3)C2c2ccc(OCc3ccccc3)c(OCC)c2)cc1. The van der Waals surface area contributed by atoms with Crippen molar-refractivity contribution in [1.29, 1.82) is 0 Å². The molecule has 1 fully saturated rings. The number of nitrogens with zero attached hydrogens (tertiary/aromatic N) is 3. The molecule has 1 N–H and O–H groups in total. The molecule has 5 aromatic rings. The summed E-state index contributed by atoms with van der Waals surface area (Å²) >= 11 is 2.36. The molecular weight excluding hydrogens is 678 g/mol. The summed E-state index contributed by atoms with van der Waals surface area (Å²) in [6, 6.07) is 26.9. The third kappa shape index (κ3) is 7.66. The normalized spacial score (nSPS) is 15.3. The first-order valence-electron chi connectivity index (χ1n) is 16.0. The van der Waals surface area contributed by atoms with E-state index in [2.05, 4.69) is 10.2 Å². The zero-order valence-electron chi connectivity index (χ0n) is 27.4. The van der Waals surface area contributed by atoms with Crippen LogP contribution in [0, 0.1) is 5.82 Å². The number of Topliss-reactive ketones (excluding diaryl/α,β-unsaturated/α-hetero) is 1. The predicted molar refractivity (Wildman–Crippen MR) is 191 cm³/mol. The van der Waals surface area contributed by atoms with Crippen molar-refractivity contribution in [1.82, 2.24) is 10.2 Å². The Kier molecular flexibility index (Phi) is 11.1. The van der Waals surface area contributed by atoms with Crippen LogP contribution in [-0.2, 0) is 21.9 Å². The van der Waals surface area contributed by atoms with Crippen molar-refractivity contribution in [2.24, 2.45) is 0 Å². The maximum atomic E-state index is 14.3. The molecule has 9 nitrogen and oxygen atoms in total. The number of thioether (sulfide) groups is 1. The van der Waals surface area contributed by atoms with Crippen LogP contribution in [0.3, 0.4) is 0 Å². The minimum atomic E-state index is -1.08. The summed E-state index contributed by atoms with van der Waals surface area (Å²) in [6.45, 7) is 5.01. The number of anilines is 1. The molecule has 0 spiro atoms. The summed E-state index contributed by atoms with van der Waals surface area (Å²) in [7, 11) is 0. The van der Waals surface area contributed by atoms with Crippen molar-refractivity contribution < 1.29 is 33.3 Å². The topological polar surface area (TPSA) is 111 Å². The van der Waals surface area contributed by atoms with Gasteiger partial charge in [0.15, 0.2) is 15.8 Å². The molecule has 1 saturated heterocycles. The van der Waals surface area contributed by atoms with Crippen LogP contribution in [0.25, 0.3) is 5.76 Å². The molecule has 1 aromatic heterocycles. The number of rotatable bonds is 14. The minimum absolute atomic E-state index is 0.117. The Morgan fingerprint density at radius 3 is 2.40 bits per heavy atom. The third-order valence-corrected chi connectivity index (χ3v) is 9.88. The van der Waals surface area contributed by atoms with E-state index in [0.717, 1.165) is 23.3 Å². The fourth-order valence-corrected chi connectivity index (χ4v) is 7.21.